The van der Waals surface area contributed by atoms with E-state index in [1.807, 2.05) is 49.8 Å². The van der Waals surface area contributed by atoms with Gasteiger partial charge in [0, 0.05) is 67.2 Å². The molecule has 0 radical (unpaired) electrons. The summed E-state index contributed by atoms with van der Waals surface area (Å²) in [5.74, 6) is 0.870. The van der Waals surface area contributed by atoms with Crippen molar-refractivity contribution < 1.29 is 4.79 Å². The third-order valence-electron chi connectivity index (χ3n) is 7.33. The Bertz CT molecular complexity index is 1540. The van der Waals surface area contributed by atoms with Gasteiger partial charge in [0.1, 0.15) is 5.82 Å². The third-order valence-corrected chi connectivity index (χ3v) is 7.33. The number of nitrogens with one attached hydrogen (secondary N) is 3. The van der Waals surface area contributed by atoms with E-state index in [0.29, 0.717) is 11.1 Å². The number of hydrogen-bond donors (Lipinski definition) is 3. The van der Waals surface area contributed by atoms with Crippen LogP contribution in [0.15, 0.2) is 47.5 Å². The number of nitrogens with zero attached hydrogens (tertiary/aromatic N) is 4. The predicted molar refractivity (Wildman–Crippen MR) is 155 cm³/mol. The van der Waals surface area contributed by atoms with E-state index in [9.17, 15) is 9.59 Å². The molecule has 1 fully saturated rings. The van der Waals surface area contributed by atoms with Crippen molar-refractivity contribution in [1.82, 2.24) is 30.4 Å². The van der Waals surface area contributed by atoms with E-state index in [-0.39, 0.29) is 30.0 Å². The maximum atomic E-state index is 13.6. The number of pyridine rings is 2. The number of anilines is 1. The van der Waals surface area contributed by atoms with Gasteiger partial charge in [-0.05, 0) is 68.1 Å². The zero-order chi connectivity index (χ0) is 27.7. The average molecular weight is 528 g/mol. The van der Waals surface area contributed by atoms with Gasteiger partial charge < -0.3 is 20.5 Å². The fourth-order valence-corrected chi connectivity index (χ4v) is 5.25. The molecule has 0 unspecified atom stereocenters. The Balaban J connectivity index is 1.50. The molecule has 4 heterocycles. The largest absolute Gasteiger partial charge is 0.354 e. The topological polar surface area (TPSA) is 108 Å². The van der Waals surface area contributed by atoms with Crippen molar-refractivity contribution in [1.29, 1.82) is 0 Å². The summed E-state index contributed by atoms with van der Waals surface area (Å²) in [6.45, 7) is 14.0. The number of carbonyl (C=O) groups is 1. The Hall–Kier alpha value is -3.98. The molecule has 3 aromatic heterocycles. The lowest BCUT2D eigenvalue weighted by molar-refractivity contribution is 0.0952. The summed E-state index contributed by atoms with van der Waals surface area (Å²) in [5.41, 5.74) is 5.40. The molecule has 3 N–H and O–H groups in total. The molecule has 9 nitrogen and oxygen atoms in total. The van der Waals surface area contributed by atoms with Gasteiger partial charge >= 0.3 is 0 Å². The second kappa shape index (κ2) is 11.0. The van der Waals surface area contributed by atoms with Gasteiger partial charge in [0.05, 0.1) is 17.3 Å². The Morgan fingerprint density at radius 2 is 1.82 bits per heavy atom. The first-order valence-electron chi connectivity index (χ1n) is 13.7. The van der Waals surface area contributed by atoms with Crippen LogP contribution in [0.25, 0.3) is 22.0 Å². The number of hydrogen-bond acceptors (Lipinski definition) is 6. The summed E-state index contributed by atoms with van der Waals surface area (Å²) < 4.78 is 1.93. The zero-order valence-electron chi connectivity index (χ0n) is 23.3. The van der Waals surface area contributed by atoms with Crippen LogP contribution in [0.4, 0.5) is 5.82 Å². The van der Waals surface area contributed by atoms with Crippen LogP contribution < -0.4 is 21.1 Å². The van der Waals surface area contributed by atoms with E-state index >= 15 is 0 Å². The Morgan fingerprint density at radius 3 is 2.49 bits per heavy atom. The fraction of sp³-hybridized carbons (Fsp3) is 0.400. The van der Waals surface area contributed by atoms with Gasteiger partial charge in [-0.25, -0.2) is 4.98 Å². The minimum Gasteiger partial charge on any atom is -0.354 e. The van der Waals surface area contributed by atoms with Crippen molar-refractivity contribution in [3.8, 4) is 11.1 Å². The van der Waals surface area contributed by atoms with Crippen LogP contribution in [0, 0.1) is 6.92 Å². The molecule has 39 heavy (non-hydrogen) atoms. The van der Waals surface area contributed by atoms with Crippen molar-refractivity contribution in [3.05, 3.63) is 75.5 Å². The van der Waals surface area contributed by atoms with E-state index in [1.165, 1.54) is 0 Å². The van der Waals surface area contributed by atoms with Gasteiger partial charge in [-0.3, -0.25) is 14.3 Å². The molecule has 0 saturated carbocycles. The summed E-state index contributed by atoms with van der Waals surface area (Å²) in [4.78, 5) is 36.3. The van der Waals surface area contributed by atoms with E-state index < -0.39 is 0 Å². The number of H-pyrrole nitrogens is 1. The van der Waals surface area contributed by atoms with Crippen molar-refractivity contribution in [2.24, 2.45) is 0 Å². The van der Waals surface area contributed by atoms with Crippen LogP contribution in [-0.2, 0) is 6.54 Å². The SMILES string of the molecule is Cc1cc(C(C)C)c(CNC(=O)c2cc(-c3ccc(N4CCNCC4)nc3)cc3c2cnn3C(C)C)c(=O)[nH]1. The van der Waals surface area contributed by atoms with Crippen LogP contribution in [0.1, 0.15) is 66.8 Å². The highest BCUT2D eigenvalue weighted by molar-refractivity contribution is 6.08. The molecular formula is C30H37N7O2. The lowest BCUT2D eigenvalue weighted by Gasteiger charge is -2.28. The van der Waals surface area contributed by atoms with E-state index in [1.54, 1.807) is 6.20 Å². The van der Waals surface area contributed by atoms with E-state index in [2.05, 4.69) is 51.6 Å². The first-order valence-corrected chi connectivity index (χ1v) is 13.7. The molecule has 1 aliphatic heterocycles. The molecule has 0 bridgehead atoms. The number of carbonyl (C=O) groups excluding carboxylic acids is 1. The monoisotopic (exact) mass is 527 g/mol. The van der Waals surface area contributed by atoms with Gasteiger partial charge in [0.15, 0.2) is 0 Å². The normalized spacial score (nSPS) is 14.0. The maximum absolute atomic E-state index is 13.6. The van der Waals surface area contributed by atoms with Gasteiger partial charge in [-0.1, -0.05) is 13.8 Å². The Kier molecular flexibility index (Phi) is 7.52. The molecule has 9 heteroatoms. The van der Waals surface area contributed by atoms with Crippen molar-refractivity contribution in [3.63, 3.8) is 0 Å². The van der Waals surface area contributed by atoms with Gasteiger partial charge in [-0.15, -0.1) is 0 Å². The molecule has 0 atom stereocenters. The molecule has 1 amide bonds. The zero-order valence-corrected chi connectivity index (χ0v) is 23.3. The number of piperazine rings is 1. The highest BCUT2D eigenvalue weighted by atomic mass is 16.1. The van der Waals surface area contributed by atoms with Crippen LogP contribution in [0.3, 0.4) is 0 Å². The Labute approximate surface area is 228 Å². The number of benzene rings is 1. The van der Waals surface area contributed by atoms with E-state index in [0.717, 1.165) is 65.3 Å². The molecule has 0 aliphatic carbocycles. The summed E-state index contributed by atoms with van der Waals surface area (Å²) in [7, 11) is 0. The molecule has 1 aliphatic rings. The number of aromatic amines is 1. The summed E-state index contributed by atoms with van der Waals surface area (Å²) in [6.07, 6.45) is 3.62. The molecule has 1 aromatic carbocycles. The highest BCUT2D eigenvalue weighted by Crippen LogP contribution is 2.30. The number of amides is 1. The minimum atomic E-state index is -0.245. The molecule has 4 aromatic rings. The molecule has 5 rings (SSSR count). The molecular weight excluding hydrogens is 490 g/mol. The highest BCUT2D eigenvalue weighted by Gasteiger charge is 2.19. The quantitative estimate of drug-likeness (QED) is 0.333. The van der Waals surface area contributed by atoms with Crippen LogP contribution >= 0.6 is 0 Å². The standard InChI is InChI=1S/C30H37N7O2/c1-18(2)23-12-20(5)35-30(39)26(23)16-33-29(38)24-13-22(14-27-25(24)17-34-37(27)19(3)4)21-6-7-28(32-15-21)36-10-8-31-9-11-36/h6-7,12-15,17-19,31H,8-11,16H2,1-5H3,(H,33,38)(H,35,39). The van der Waals surface area contributed by atoms with Crippen molar-refractivity contribution >= 4 is 22.6 Å². The Morgan fingerprint density at radius 1 is 1.05 bits per heavy atom. The minimum absolute atomic E-state index is 0.126. The van der Waals surface area contributed by atoms with Crippen LogP contribution in [0.2, 0.25) is 0 Å². The number of aryl methyl sites for hydroxylation is 1. The lowest BCUT2D eigenvalue weighted by Crippen LogP contribution is -2.43. The van der Waals surface area contributed by atoms with Gasteiger partial charge in [0.25, 0.3) is 11.5 Å². The van der Waals surface area contributed by atoms with Gasteiger partial charge in [0.2, 0.25) is 0 Å². The van der Waals surface area contributed by atoms with Crippen molar-refractivity contribution in [2.75, 3.05) is 31.1 Å². The van der Waals surface area contributed by atoms with E-state index in [4.69, 9.17) is 4.98 Å². The van der Waals surface area contributed by atoms with Crippen LogP contribution in [0.5, 0.6) is 0 Å². The molecule has 1 saturated heterocycles. The maximum Gasteiger partial charge on any atom is 0.253 e. The summed E-state index contributed by atoms with van der Waals surface area (Å²) in [5, 5.41) is 11.7. The third kappa shape index (κ3) is 5.45. The first-order chi connectivity index (χ1) is 18.7. The molecule has 0 spiro atoms. The first kappa shape index (κ1) is 26.6. The smallest absolute Gasteiger partial charge is 0.253 e. The number of aromatic nitrogens is 4. The average Bonchev–Trinajstić information content (AvgIpc) is 3.36. The number of fused-ring (bicyclic) bond motifs is 1. The molecule has 204 valence electrons. The summed E-state index contributed by atoms with van der Waals surface area (Å²) >= 11 is 0. The fourth-order valence-electron chi connectivity index (χ4n) is 5.25. The second-order valence-electron chi connectivity index (χ2n) is 10.8. The second-order valence-corrected chi connectivity index (χ2v) is 10.8. The van der Waals surface area contributed by atoms with Gasteiger partial charge in [-0.2, -0.15) is 5.10 Å². The number of rotatable bonds is 7. The summed E-state index contributed by atoms with van der Waals surface area (Å²) in [6, 6.07) is 10.2. The lowest BCUT2D eigenvalue weighted by atomic mass is 9.97. The van der Waals surface area contributed by atoms with Crippen molar-refractivity contribution in [2.45, 2.75) is 53.1 Å². The van der Waals surface area contributed by atoms with Crippen LogP contribution in [-0.4, -0.2) is 51.8 Å². The predicted octanol–water partition coefficient (Wildman–Crippen LogP) is 4.14.